The summed E-state index contributed by atoms with van der Waals surface area (Å²) in [5, 5.41) is 19.3. The van der Waals surface area contributed by atoms with Gasteiger partial charge in [0, 0.05) is 18.2 Å². The number of hydrogen-bond donors (Lipinski definition) is 3. The summed E-state index contributed by atoms with van der Waals surface area (Å²) in [6.07, 6.45) is -5.40. The van der Waals surface area contributed by atoms with Gasteiger partial charge in [0.15, 0.2) is 11.7 Å². The predicted molar refractivity (Wildman–Crippen MR) is 115 cm³/mol. The number of carbonyl (C=O) groups is 1. The Morgan fingerprint density at radius 2 is 1.84 bits per heavy atom. The van der Waals surface area contributed by atoms with Gasteiger partial charge in [0.25, 0.3) is 5.91 Å². The number of aryl methyl sites for hydroxylation is 1. The Morgan fingerprint density at radius 1 is 1.19 bits per heavy atom. The fraction of sp³-hybridized carbons (Fsp3) is 0.304. The maximum atomic E-state index is 13.8. The van der Waals surface area contributed by atoms with Crippen molar-refractivity contribution >= 4 is 17.4 Å². The van der Waals surface area contributed by atoms with Crippen LogP contribution in [-0.4, -0.2) is 27.0 Å². The summed E-state index contributed by atoms with van der Waals surface area (Å²) in [5.41, 5.74) is 2.76. The van der Waals surface area contributed by atoms with Crippen LogP contribution in [0.4, 0.5) is 24.7 Å². The van der Waals surface area contributed by atoms with Crippen LogP contribution < -0.4 is 10.6 Å². The second-order valence-corrected chi connectivity index (χ2v) is 8.01. The molecule has 1 aromatic heterocycles. The van der Waals surface area contributed by atoms with E-state index in [1.54, 1.807) is 43.3 Å². The van der Waals surface area contributed by atoms with Gasteiger partial charge in [-0.2, -0.15) is 18.3 Å². The molecule has 6 nitrogen and oxygen atoms in total. The third-order valence-electron chi connectivity index (χ3n) is 5.55. The van der Waals surface area contributed by atoms with E-state index in [1.807, 2.05) is 19.1 Å². The molecule has 168 valence electrons. The second-order valence-electron chi connectivity index (χ2n) is 8.01. The van der Waals surface area contributed by atoms with Gasteiger partial charge in [-0.3, -0.25) is 4.79 Å². The van der Waals surface area contributed by atoms with Gasteiger partial charge < -0.3 is 15.7 Å². The number of aromatic nitrogens is 2. The smallest absolute Gasteiger partial charge is 0.389 e. The van der Waals surface area contributed by atoms with Crippen LogP contribution in [0.1, 0.15) is 58.7 Å². The van der Waals surface area contributed by atoms with E-state index in [9.17, 15) is 23.1 Å². The first-order valence-corrected chi connectivity index (χ1v) is 10.2. The molecule has 3 N–H and O–H groups in total. The van der Waals surface area contributed by atoms with Crippen molar-refractivity contribution in [3.05, 3.63) is 77.0 Å². The zero-order chi connectivity index (χ0) is 23.0. The first-order chi connectivity index (χ1) is 15.1. The number of anilines is 2. The third-order valence-corrected chi connectivity index (χ3v) is 5.55. The summed E-state index contributed by atoms with van der Waals surface area (Å²) in [7, 11) is 0. The molecule has 3 aromatic rings. The molecule has 1 aliphatic rings. The first-order valence-electron chi connectivity index (χ1n) is 10.2. The molecule has 32 heavy (non-hydrogen) atoms. The van der Waals surface area contributed by atoms with Crippen molar-refractivity contribution in [2.24, 2.45) is 0 Å². The Labute approximate surface area is 183 Å². The topological polar surface area (TPSA) is 79.2 Å². The van der Waals surface area contributed by atoms with Gasteiger partial charge in [-0.15, -0.1) is 0 Å². The van der Waals surface area contributed by atoms with Crippen LogP contribution >= 0.6 is 0 Å². The van der Waals surface area contributed by atoms with Crippen molar-refractivity contribution in [3.8, 4) is 0 Å². The number of aliphatic hydroxyl groups is 1. The summed E-state index contributed by atoms with van der Waals surface area (Å²) in [4.78, 5) is 12.7. The van der Waals surface area contributed by atoms with E-state index in [2.05, 4.69) is 15.7 Å². The average Bonchev–Trinajstić information content (AvgIpc) is 3.17. The SMILES string of the molecule is Cc1ccc([C@@H]2C[C@@H](C(F)(F)F)n3nc(C(=O)Nc4ccc([C@@H](C)O)cc4)cc3N2)cc1. The normalized spacial score (nSPS) is 19.1. The van der Waals surface area contributed by atoms with Crippen LogP contribution in [-0.2, 0) is 0 Å². The maximum absolute atomic E-state index is 13.8. The zero-order valence-electron chi connectivity index (χ0n) is 17.5. The highest BCUT2D eigenvalue weighted by atomic mass is 19.4. The van der Waals surface area contributed by atoms with Gasteiger partial charge in [0.1, 0.15) is 5.82 Å². The molecular weight excluding hydrogens is 421 g/mol. The van der Waals surface area contributed by atoms with Gasteiger partial charge >= 0.3 is 6.18 Å². The molecule has 3 atom stereocenters. The number of aliphatic hydroxyl groups excluding tert-OH is 1. The van der Waals surface area contributed by atoms with Crippen molar-refractivity contribution in [2.45, 2.75) is 44.6 Å². The highest BCUT2D eigenvalue weighted by molar-refractivity contribution is 6.03. The minimum atomic E-state index is -4.52. The van der Waals surface area contributed by atoms with E-state index in [4.69, 9.17) is 0 Å². The molecule has 0 bridgehead atoms. The van der Waals surface area contributed by atoms with Crippen LogP contribution in [0.15, 0.2) is 54.6 Å². The van der Waals surface area contributed by atoms with E-state index in [0.29, 0.717) is 11.3 Å². The van der Waals surface area contributed by atoms with Crippen LogP contribution in [0.2, 0.25) is 0 Å². The molecule has 1 amide bonds. The number of carbonyl (C=O) groups excluding carboxylic acids is 1. The molecule has 1 aliphatic heterocycles. The lowest BCUT2D eigenvalue weighted by molar-refractivity contribution is -0.173. The van der Waals surface area contributed by atoms with Crippen LogP contribution in [0.5, 0.6) is 0 Å². The standard InChI is InChI=1S/C23H23F3N4O2/c1-13-3-5-16(6-4-13)18-11-20(23(24,25)26)30-21(28-18)12-19(29-30)22(32)27-17-9-7-15(8-10-17)14(2)31/h3-10,12,14,18,20,28,31H,11H2,1-2H3,(H,27,32)/t14-,18+,20+/m1/s1. The van der Waals surface area contributed by atoms with Gasteiger partial charge in [-0.1, -0.05) is 42.0 Å². The predicted octanol–water partition coefficient (Wildman–Crippen LogP) is 5.16. The number of amides is 1. The van der Waals surface area contributed by atoms with Gasteiger partial charge in [0.2, 0.25) is 0 Å². The monoisotopic (exact) mass is 444 g/mol. The van der Waals surface area contributed by atoms with Crippen LogP contribution in [0.3, 0.4) is 0 Å². The van der Waals surface area contributed by atoms with Gasteiger partial charge in [0.05, 0.1) is 12.1 Å². The zero-order valence-corrected chi connectivity index (χ0v) is 17.5. The molecule has 4 rings (SSSR count). The Hall–Kier alpha value is -3.33. The number of nitrogens with one attached hydrogen (secondary N) is 2. The van der Waals surface area contributed by atoms with Crippen molar-refractivity contribution in [1.29, 1.82) is 0 Å². The molecule has 2 heterocycles. The van der Waals surface area contributed by atoms with E-state index >= 15 is 0 Å². The Kier molecular flexibility index (Phi) is 5.68. The summed E-state index contributed by atoms with van der Waals surface area (Å²) >= 11 is 0. The van der Waals surface area contributed by atoms with Crippen LogP contribution in [0.25, 0.3) is 0 Å². The Morgan fingerprint density at radius 3 is 2.44 bits per heavy atom. The molecule has 0 fully saturated rings. The third kappa shape index (κ3) is 4.47. The largest absolute Gasteiger partial charge is 0.410 e. The first kappa shape index (κ1) is 21.9. The quantitative estimate of drug-likeness (QED) is 0.520. The second kappa shape index (κ2) is 8.31. The molecule has 0 saturated heterocycles. The van der Waals surface area contributed by atoms with Crippen molar-refractivity contribution in [2.75, 3.05) is 10.6 Å². The summed E-state index contributed by atoms with van der Waals surface area (Å²) in [5.74, 6) is -0.481. The van der Waals surface area contributed by atoms with E-state index in [-0.39, 0.29) is 17.9 Å². The Balaban J connectivity index is 1.59. The highest BCUT2D eigenvalue weighted by Crippen LogP contribution is 2.43. The van der Waals surface area contributed by atoms with Crippen LogP contribution in [0, 0.1) is 6.92 Å². The minimum absolute atomic E-state index is 0.120. The Bertz CT molecular complexity index is 1110. The highest BCUT2D eigenvalue weighted by Gasteiger charge is 2.46. The molecule has 9 heteroatoms. The fourth-order valence-electron chi connectivity index (χ4n) is 3.74. The summed E-state index contributed by atoms with van der Waals surface area (Å²) in [6, 6.07) is 12.8. The van der Waals surface area contributed by atoms with E-state index in [0.717, 1.165) is 15.8 Å². The van der Waals surface area contributed by atoms with Crippen molar-refractivity contribution in [1.82, 2.24) is 9.78 Å². The summed E-state index contributed by atoms with van der Waals surface area (Å²) < 4.78 is 42.3. The van der Waals surface area contributed by atoms with Crippen molar-refractivity contribution < 1.29 is 23.1 Å². The summed E-state index contributed by atoms with van der Waals surface area (Å²) in [6.45, 7) is 3.53. The lowest BCUT2D eigenvalue weighted by Crippen LogP contribution is -2.35. The molecule has 0 unspecified atom stereocenters. The molecular formula is C23H23F3N4O2. The minimum Gasteiger partial charge on any atom is -0.389 e. The number of hydrogen-bond acceptors (Lipinski definition) is 4. The number of alkyl halides is 3. The molecule has 0 aliphatic carbocycles. The lowest BCUT2D eigenvalue weighted by Gasteiger charge is -2.33. The van der Waals surface area contributed by atoms with Gasteiger partial charge in [-0.05, 0) is 37.1 Å². The lowest BCUT2D eigenvalue weighted by atomic mass is 9.96. The molecule has 0 saturated carbocycles. The van der Waals surface area contributed by atoms with Crippen molar-refractivity contribution in [3.63, 3.8) is 0 Å². The van der Waals surface area contributed by atoms with E-state index in [1.165, 1.54) is 6.07 Å². The maximum Gasteiger partial charge on any atom is 0.410 e. The number of rotatable bonds is 4. The number of halogens is 3. The van der Waals surface area contributed by atoms with E-state index < -0.39 is 30.3 Å². The number of fused-ring (bicyclic) bond motifs is 1. The number of benzene rings is 2. The molecule has 0 radical (unpaired) electrons. The van der Waals surface area contributed by atoms with Gasteiger partial charge in [-0.25, -0.2) is 4.68 Å². The average molecular weight is 444 g/mol. The molecule has 2 aromatic carbocycles. The number of nitrogens with zero attached hydrogens (tertiary/aromatic N) is 2. The molecule has 0 spiro atoms. The fourth-order valence-corrected chi connectivity index (χ4v) is 3.74.